The minimum atomic E-state index is -0.379. The normalized spacial score (nSPS) is 13.6. The Bertz CT molecular complexity index is 2720. The lowest BCUT2D eigenvalue weighted by Gasteiger charge is -2.30. The molecule has 222 valence electrons. The fourth-order valence-corrected chi connectivity index (χ4v) is 9.17. The smallest absolute Gasteiger partial charge is 0.0726 e. The van der Waals surface area contributed by atoms with Gasteiger partial charge in [0.15, 0.2) is 0 Å². The highest BCUT2D eigenvalue weighted by molar-refractivity contribution is 6.22. The van der Waals surface area contributed by atoms with Gasteiger partial charge in [0.25, 0.3) is 0 Å². The molecule has 0 saturated carbocycles. The molecular formula is C47H29N. The van der Waals surface area contributed by atoms with Crippen LogP contribution in [0.1, 0.15) is 22.3 Å². The maximum Gasteiger partial charge on any atom is 0.0726 e. The Labute approximate surface area is 279 Å². The molecule has 0 N–H and O–H groups in total. The van der Waals surface area contributed by atoms with Crippen LogP contribution in [-0.4, -0.2) is 4.57 Å². The first kappa shape index (κ1) is 25.9. The molecule has 2 aliphatic rings. The van der Waals surface area contributed by atoms with E-state index in [2.05, 4.69) is 180 Å². The van der Waals surface area contributed by atoms with Crippen molar-refractivity contribution in [2.75, 3.05) is 0 Å². The van der Waals surface area contributed by atoms with Crippen molar-refractivity contribution in [3.05, 3.63) is 198 Å². The third-order valence-electron chi connectivity index (χ3n) is 11.0. The van der Waals surface area contributed by atoms with E-state index in [0.717, 1.165) is 0 Å². The zero-order valence-corrected chi connectivity index (χ0v) is 26.2. The second-order valence-corrected chi connectivity index (χ2v) is 13.2. The van der Waals surface area contributed by atoms with Crippen molar-refractivity contribution in [2.45, 2.75) is 5.41 Å². The minimum absolute atomic E-state index is 0.379. The standard InChI is InChI=1S/C47H29N/c1-2-14-30(15-3-1)39-29-40-37-20-9-13-25-45(37)48(46(40)38-21-5-4-16-32(38)39)31-26-27-36-35-19-8-12-24-43(35)47(44(36)28-31)41-22-10-6-17-33(41)34-18-7-11-23-42(34)47/h1-29H. The Balaban J connectivity index is 1.27. The highest BCUT2D eigenvalue weighted by atomic mass is 15.0. The zero-order valence-electron chi connectivity index (χ0n) is 26.2. The summed E-state index contributed by atoms with van der Waals surface area (Å²) in [7, 11) is 0. The number of hydrogen-bond acceptors (Lipinski definition) is 0. The molecular weight excluding hydrogens is 579 g/mol. The lowest BCUT2D eigenvalue weighted by atomic mass is 9.70. The summed E-state index contributed by atoms with van der Waals surface area (Å²) in [6, 6.07) is 65.4. The Morgan fingerprint density at radius 1 is 0.333 bits per heavy atom. The number of nitrogens with zero attached hydrogens (tertiary/aromatic N) is 1. The van der Waals surface area contributed by atoms with Crippen LogP contribution >= 0.6 is 0 Å². The Morgan fingerprint density at radius 3 is 1.52 bits per heavy atom. The van der Waals surface area contributed by atoms with Gasteiger partial charge in [0.2, 0.25) is 0 Å². The predicted octanol–water partition coefficient (Wildman–Crippen LogP) is 11.9. The third kappa shape index (κ3) is 3.16. The van der Waals surface area contributed by atoms with Gasteiger partial charge in [-0.1, -0.05) is 152 Å². The van der Waals surface area contributed by atoms with E-state index in [9.17, 15) is 0 Å². The van der Waals surface area contributed by atoms with Crippen LogP contribution in [0.3, 0.4) is 0 Å². The predicted molar refractivity (Wildman–Crippen MR) is 200 cm³/mol. The summed E-state index contributed by atoms with van der Waals surface area (Å²) in [6.07, 6.45) is 0. The van der Waals surface area contributed by atoms with E-state index in [-0.39, 0.29) is 5.41 Å². The molecule has 1 heterocycles. The first-order chi connectivity index (χ1) is 23.8. The number of aromatic nitrogens is 1. The minimum Gasteiger partial charge on any atom is -0.309 e. The number of para-hydroxylation sites is 1. The molecule has 0 fully saturated rings. The van der Waals surface area contributed by atoms with E-state index >= 15 is 0 Å². The first-order valence-electron chi connectivity index (χ1n) is 16.8. The average molecular weight is 608 g/mol. The number of rotatable bonds is 2. The van der Waals surface area contributed by atoms with Crippen LogP contribution in [0.4, 0.5) is 0 Å². The van der Waals surface area contributed by atoms with Crippen LogP contribution in [0, 0.1) is 0 Å². The Morgan fingerprint density at radius 2 is 0.854 bits per heavy atom. The van der Waals surface area contributed by atoms with Gasteiger partial charge in [-0.15, -0.1) is 0 Å². The SMILES string of the molecule is c1ccc(-c2cc3c4ccccc4n(-c4ccc5c(c4)C4(c6ccccc6-c6ccccc64)c4ccccc4-5)c3c3ccccc23)cc1. The maximum absolute atomic E-state index is 2.52. The Kier molecular flexibility index (Phi) is 5.10. The largest absolute Gasteiger partial charge is 0.309 e. The summed E-state index contributed by atoms with van der Waals surface area (Å²) < 4.78 is 2.52. The maximum atomic E-state index is 2.52. The van der Waals surface area contributed by atoms with Crippen LogP contribution in [0.15, 0.2) is 176 Å². The van der Waals surface area contributed by atoms with Crippen molar-refractivity contribution in [2.24, 2.45) is 0 Å². The monoisotopic (exact) mass is 607 g/mol. The van der Waals surface area contributed by atoms with Crippen LogP contribution < -0.4 is 0 Å². The number of benzene rings is 8. The lowest BCUT2D eigenvalue weighted by Crippen LogP contribution is -2.26. The summed E-state index contributed by atoms with van der Waals surface area (Å²) >= 11 is 0. The molecule has 0 amide bonds. The topological polar surface area (TPSA) is 4.93 Å². The second kappa shape index (κ2) is 9.44. The molecule has 1 heteroatoms. The van der Waals surface area contributed by atoms with Crippen molar-refractivity contribution in [1.82, 2.24) is 4.57 Å². The van der Waals surface area contributed by atoms with E-state index in [1.54, 1.807) is 0 Å². The van der Waals surface area contributed by atoms with Gasteiger partial charge >= 0.3 is 0 Å². The quantitative estimate of drug-likeness (QED) is 0.184. The lowest BCUT2D eigenvalue weighted by molar-refractivity contribution is 0.792. The van der Waals surface area contributed by atoms with Crippen LogP contribution in [0.5, 0.6) is 0 Å². The molecule has 0 unspecified atom stereocenters. The molecule has 1 nitrogen and oxygen atoms in total. The van der Waals surface area contributed by atoms with E-state index in [4.69, 9.17) is 0 Å². The molecule has 0 atom stereocenters. The second-order valence-electron chi connectivity index (χ2n) is 13.2. The molecule has 0 saturated heterocycles. The summed E-state index contributed by atoms with van der Waals surface area (Å²) in [5.41, 5.74) is 16.6. The molecule has 48 heavy (non-hydrogen) atoms. The van der Waals surface area contributed by atoms with Crippen molar-refractivity contribution in [1.29, 1.82) is 0 Å². The molecule has 0 bridgehead atoms. The molecule has 1 aromatic heterocycles. The van der Waals surface area contributed by atoms with Gasteiger partial charge in [-0.2, -0.15) is 0 Å². The van der Waals surface area contributed by atoms with Crippen molar-refractivity contribution >= 4 is 32.6 Å². The number of hydrogen-bond donors (Lipinski definition) is 0. The fraction of sp³-hybridized carbons (Fsp3) is 0.0213. The van der Waals surface area contributed by atoms with E-state index in [0.29, 0.717) is 0 Å². The van der Waals surface area contributed by atoms with Gasteiger partial charge < -0.3 is 4.57 Å². The van der Waals surface area contributed by atoms with Gasteiger partial charge in [0.05, 0.1) is 16.4 Å². The molecule has 2 aliphatic carbocycles. The molecule has 1 spiro atoms. The summed E-state index contributed by atoms with van der Waals surface area (Å²) in [5, 5.41) is 5.08. The van der Waals surface area contributed by atoms with Crippen LogP contribution in [0.25, 0.3) is 71.6 Å². The van der Waals surface area contributed by atoms with Gasteiger partial charge in [-0.25, -0.2) is 0 Å². The van der Waals surface area contributed by atoms with Crippen molar-refractivity contribution in [3.8, 4) is 39.1 Å². The summed E-state index contributed by atoms with van der Waals surface area (Å²) in [6.45, 7) is 0. The van der Waals surface area contributed by atoms with Gasteiger partial charge in [-0.05, 0) is 85.3 Å². The summed E-state index contributed by atoms with van der Waals surface area (Å²) in [5.74, 6) is 0. The van der Waals surface area contributed by atoms with Crippen LogP contribution in [-0.2, 0) is 5.41 Å². The molecule has 0 radical (unpaired) electrons. The molecule has 9 aromatic rings. The molecule has 0 aliphatic heterocycles. The van der Waals surface area contributed by atoms with Gasteiger partial charge in [0, 0.05) is 21.8 Å². The van der Waals surface area contributed by atoms with Gasteiger partial charge in [0.1, 0.15) is 0 Å². The molecule has 8 aromatic carbocycles. The van der Waals surface area contributed by atoms with Crippen molar-refractivity contribution < 1.29 is 0 Å². The first-order valence-corrected chi connectivity index (χ1v) is 16.8. The third-order valence-corrected chi connectivity index (χ3v) is 11.0. The van der Waals surface area contributed by atoms with E-state index < -0.39 is 0 Å². The van der Waals surface area contributed by atoms with Crippen LogP contribution in [0.2, 0.25) is 0 Å². The van der Waals surface area contributed by atoms with Crippen molar-refractivity contribution in [3.63, 3.8) is 0 Å². The highest BCUT2D eigenvalue weighted by Crippen LogP contribution is 2.63. The Hall–Kier alpha value is -6.18. The average Bonchev–Trinajstić information content (AvgIpc) is 3.77. The van der Waals surface area contributed by atoms with Gasteiger partial charge in [-0.3, -0.25) is 0 Å². The zero-order chi connectivity index (χ0) is 31.4. The number of fused-ring (bicyclic) bond motifs is 15. The summed E-state index contributed by atoms with van der Waals surface area (Å²) in [4.78, 5) is 0. The highest BCUT2D eigenvalue weighted by Gasteiger charge is 2.51. The fourth-order valence-electron chi connectivity index (χ4n) is 9.17. The van der Waals surface area contributed by atoms with E-state index in [1.807, 2.05) is 0 Å². The molecule has 11 rings (SSSR count). The van der Waals surface area contributed by atoms with E-state index in [1.165, 1.54) is 93.9 Å².